The first-order chi connectivity index (χ1) is 10.2. The van der Waals surface area contributed by atoms with Gasteiger partial charge >= 0.3 is 0 Å². The van der Waals surface area contributed by atoms with Crippen molar-refractivity contribution in [2.24, 2.45) is 0 Å². The maximum absolute atomic E-state index is 11.2. The van der Waals surface area contributed by atoms with Crippen molar-refractivity contribution >= 4 is 11.6 Å². The van der Waals surface area contributed by atoms with E-state index in [4.69, 9.17) is 0 Å². The zero-order chi connectivity index (χ0) is 15.1. The molecule has 3 heteroatoms. The van der Waals surface area contributed by atoms with Crippen LogP contribution in [0.15, 0.2) is 54.6 Å². The lowest BCUT2D eigenvalue weighted by atomic mass is 10.0. The van der Waals surface area contributed by atoms with Crippen molar-refractivity contribution in [2.45, 2.75) is 26.3 Å². The Morgan fingerprint density at radius 3 is 2.43 bits per heavy atom. The molecule has 0 fully saturated rings. The Labute approximate surface area is 126 Å². The van der Waals surface area contributed by atoms with Gasteiger partial charge in [0, 0.05) is 25.7 Å². The molecule has 0 saturated carbocycles. The third-order valence-electron chi connectivity index (χ3n) is 3.46. The van der Waals surface area contributed by atoms with Gasteiger partial charge in [-0.2, -0.15) is 0 Å². The summed E-state index contributed by atoms with van der Waals surface area (Å²) in [7, 11) is 0. The predicted molar refractivity (Wildman–Crippen MR) is 87.3 cm³/mol. The van der Waals surface area contributed by atoms with Gasteiger partial charge in [0.05, 0.1) is 0 Å². The third-order valence-corrected chi connectivity index (χ3v) is 3.46. The Bertz CT molecular complexity index is 581. The van der Waals surface area contributed by atoms with E-state index in [1.54, 1.807) is 0 Å². The van der Waals surface area contributed by atoms with Crippen LogP contribution in [0.1, 0.15) is 30.9 Å². The average Bonchev–Trinajstić information content (AvgIpc) is 2.49. The smallest absolute Gasteiger partial charge is 0.221 e. The van der Waals surface area contributed by atoms with Crippen LogP contribution in [-0.4, -0.2) is 12.5 Å². The van der Waals surface area contributed by atoms with E-state index in [1.807, 2.05) is 30.3 Å². The highest BCUT2D eigenvalue weighted by atomic mass is 16.1. The molecule has 0 aliphatic carbocycles. The van der Waals surface area contributed by atoms with Gasteiger partial charge in [-0.15, -0.1) is 0 Å². The van der Waals surface area contributed by atoms with Crippen molar-refractivity contribution in [3.63, 3.8) is 0 Å². The molecule has 1 atom stereocenters. The lowest BCUT2D eigenvalue weighted by Crippen LogP contribution is -2.20. The van der Waals surface area contributed by atoms with Gasteiger partial charge in [-0.3, -0.25) is 4.79 Å². The number of anilines is 1. The topological polar surface area (TPSA) is 41.1 Å². The highest BCUT2D eigenvalue weighted by molar-refractivity contribution is 5.89. The second-order valence-corrected chi connectivity index (χ2v) is 5.28. The van der Waals surface area contributed by atoms with E-state index < -0.39 is 0 Å². The Morgan fingerprint density at radius 1 is 1.05 bits per heavy atom. The van der Waals surface area contributed by atoms with Gasteiger partial charge in [0.2, 0.25) is 5.91 Å². The minimum absolute atomic E-state index is 0.0416. The number of amides is 1. The normalized spacial score (nSPS) is 11.9. The van der Waals surface area contributed by atoms with E-state index >= 15 is 0 Å². The number of hydrogen-bond acceptors (Lipinski definition) is 2. The van der Waals surface area contributed by atoms with Crippen LogP contribution in [0.5, 0.6) is 0 Å². The molecule has 3 nitrogen and oxygen atoms in total. The van der Waals surface area contributed by atoms with Crippen LogP contribution in [-0.2, 0) is 11.3 Å². The van der Waals surface area contributed by atoms with E-state index in [9.17, 15) is 4.79 Å². The molecule has 0 bridgehead atoms. The van der Waals surface area contributed by atoms with E-state index in [2.05, 4.69) is 41.8 Å². The quantitative estimate of drug-likeness (QED) is 0.851. The van der Waals surface area contributed by atoms with Crippen LogP contribution in [0.2, 0.25) is 0 Å². The molecular weight excluding hydrogens is 260 g/mol. The minimum Gasteiger partial charge on any atom is -0.326 e. The minimum atomic E-state index is -0.0416. The molecule has 2 N–H and O–H groups in total. The zero-order valence-corrected chi connectivity index (χ0v) is 12.6. The number of carbonyl (C=O) groups excluding carboxylic acids is 1. The first-order valence-electron chi connectivity index (χ1n) is 7.28. The molecule has 0 radical (unpaired) electrons. The molecule has 21 heavy (non-hydrogen) atoms. The Balaban J connectivity index is 1.90. The number of benzene rings is 2. The highest BCUT2D eigenvalue weighted by Crippen LogP contribution is 2.16. The monoisotopic (exact) mass is 282 g/mol. The molecule has 2 aromatic carbocycles. The largest absolute Gasteiger partial charge is 0.326 e. The Hall–Kier alpha value is -2.13. The number of rotatable bonds is 6. The zero-order valence-electron chi connectivity index (χ0n) is 12.6. The van der Waals surface area contributed by atoms with E-state index in [-0.39, 0.29) is 5.91 Å². The highest BCUT2D eigenvalue weighted by Gasteiger charge is 2.06. The van der Waals surface area contributed by atoms with Gasteiger partial charge in [-0.1, -0.05) is 55.5 Å². The van der Waals surface area contributed by atoms with Gasteiger partial charge in [0.15, 0.2) is 0 Å². The number of carbonyl (C=O) groups is 1. The van der Waals surface area contributed by atoms with Gasteiger partial charge in [-0.05, 0) is 23.1 Å². The Kier molecular flexibility index (Phi) is 5.52. The summed E-state index contributed by atoms with van der Waals surface area (Å²) >= 11 is 0. The summed E-state index contributed by atoms with van der Waals surface area (Å²) in [5.41, 5.74) is 3.32. The van der Waals surface area contributed by atoms with Gasteiger partial charge in [0.1, 0.15) is 0 Å². The molecule has 0 spiro atoms. The van der Waals surface area contributed by atoms with E-state index in [0.29, 0.717) is 5.92 Å². The van der Waals surface area contributed by atoms with Gasteiger partial charge in [0.25, 0.3) is 0 Å². The van der Waals surface area contributed by atoms with Crippen LogP contribution in [0, 0.1) is 0 Å². The SMILES string of the molecule is CC(=O)Nc1ccccc1CNCC(C)c1ccccc1. The average molecular weight is 282 g/mol. The van der Waals surface area contributed by atoms with E-state index in [0.717, 1.165) is 24.3 Å². The fourth-order valence-corrected chi connectivity index (χ4v) is 2.31. The van der Waals surface area contributed by atoms with E-state index in [1.165, 1.54) is 12.5 Å². The van der Waals surface area contributed by atoms with Crippen LogP contribution >= 0.6 is 0 Å². The summed E-state index contributed by atoms with van der Waals surface area (Å²) in [4.78, 5) is 11.2. The second-order valence-electron chi connectivity index (χ2n) is 5.28. The summed E-state index contributed by atoms with van der Waals surface area (Å²) in [5, 5.41) is 6.33. The van der Waals surface area contributed by atoms with Crippen molar-refractivity contribution in [3.8, 4) is 0 Å². The molecule has 2 aromatic rings. The van der Waals surface area contributed by atoms with Crippen LogP contribution in [0.4, 0.5) is 5.69 Å². The maximum atomic E-state index is 11.2. The molecule has 110 valence electrons. The lowest BCUT2D eigenvalue weighted by molar-refractivity contribution is -0.114. The Morgan fingerprint density at radius 2 is 1.71 bits per heavy atom. The van der Waals surface area contributed by atoms with Crippen LogP contribution in [0.3, 0.4) is 0 Å². The van der Waals surface area contributed by atoms with Crippen molar-refractivity contribution in [1.29, 1.82) is 0 Å². The molecule has 0 aromatic heterocycles. The van der Waals surface area contributed by atoms with Crippen molar-refractivity contribution in [3.05, 3.63) is 65.7 Å². The summed E-state index contributed by atoms with van der Waals surface area (Å²) in [6, 6.07) is 18.4. The standard InChI is InChI=1S/C18H22N2O/c1-14(16-8-4-3-5-9-16)12-19-13-17-10-6-7-11-18(17)20-15(2)21/h3-11,14,19H,12-13H2,1-2H3,(H,20,21). The summed E-state index contributed by atoms with van der Waals surface area (Å²) < 4.78 is 0. The predicted octanol–water partition coefficient (Wildman–Crippen LogP) is 3.54. The molecule has 2 rings (SSSR count). The van der Waals surface area contributed by atoms with Crippen molar-refractivity contribution in [1.82, 2.24) is 5.32 Å². The first kappa shape index (κ1) is 15.3. The fraction of sp³-hybridized carbons (Fsp3) is 0.278. The summed E-state index contributed by atoms with van der Waals surface area (Å²) in [5.74, 6) is 0.416. The number of hydrogen-bond donors (Lipinski definition) is 2. The lowest BCUT2D eigenvalue weighted by Gasteiger charge is -2.15. The fourth-order valence-electron chi connectivity index (χ4n) is 2.31. The molecular formula is C18H22N2O. The van der Waals surface area contributed by atoms with Crippen LogP contribution in [0.25, 0.3) is 0 Å². The third kappa shape index (κ3) is 4.72. The van der Waals surface area contributed by atoms with Crippen molar-refractivity contribution in [2.75, 3.05) is 11.9 Å². The number of nitrogens with one attached hydrogen (secondary N) is 2. The first-order valence-corrected chi connectivity index (χ1v) is 7.28. The van der Waals surface area contributed by atoms with Crippen molar-refractivity contribution < 1.29 is 4.79 Å². The molecule has 1 unspecified atom stereocenters. The summed E-state index contributed by atoms with van der Waals surface area (Å²) in [6.45, 7) is 5.38. The summed E-state index contributed by atoms with van der Waals surface area (Å²) in [6.07, 6.45) is 0. The number of para-hydroxylation sites is 1. The van der Waals surface area contributed by atoms with Crippen LogP contribution < -0.4 is 10.6 Å². The maximum Gasteiger partial charge on any atom is 0.221 e. The second kappa shape index (κ2) is 7.60. The molecule has 0 aliphatic heterocycles. The molecule has 1 amide bonds. The van der Waals surface area contributed by atoms with Gasteiger partial charge < -0.3 is 10.6 Å². The van der Waals surface area contributed by atoms with Gasteiger partial charge in [-0.25, -0.2) is 0 Å². The molecule has 0 aliphatic rings. The molecule has 0 heterocycles. The molecule has 0 saturated heterocycles.